The van der Waals surface area contributed by atoms with E-state index in [-0.39, 0.29) is 12.5 Å². The first kappa shape index (κ1) is 13.7. The molecule has 0 fully saturated rings. The molecular formula is C13H15F3N2O. The molecule has 1 aliphatic rings. The fourth-order valence-corrected chi connectivity index (χ4v) is 2.25. The summed E-state index contributed by atoms with van der Waals surface area (Å²) >= 11 is 0. The Balaban J connectivity index is 1.77. The summed E-state index contributed by atoms with van der Waals surface area (Å²) in [5, 5.41) is 5.54. The van der Waals surface area contributed by atoms with Crippen LogP contribution < -0.4 is 10.6 Å². The van der Waals surface area contributed by atoms with Gasteiger partial charge in [-0.15, -0.1) is 0 Å². The van der Waals surface area contributed by atoms with Crippen LogP contribution in [0.15, 0.2) is 24.3 Å². The minimum atomic E-state index is -4.44. The largest absolute Gasteiger partial charge is 0.397 e. The monoisotopic (exact) mass is 272 g/mol. The molecule has 0 aromatic heterocycles. The first-order chi connectivity index (χ1) is 8.96. The highest BCUT2D eigenvalue weighted by molar-refractivity contribution is 5.76. The van der Waals surface area contributed by atoms with Gasteiger partial charge < -0.3 is 10.6 Å². The summed E-state index contributed by atoms with van der Waals surface area (Å²) in [5.41, 5.74) is 2.22. The molecule has 0 aliphatic carbocycles. The standard InChI is InChI=1S/C13H15F3N2O/c14-13(15,16)7-12(19)17-6-5-9-8-18-11-4-2-1-3-10(9)11/h1-4,9,18H,5-8H2,(H,17,19). The maximum Gasteiger partial charge on any atom is 0.397 e. The Bertz CT molecular complexity index is 459. The van der Waals surface area contributed by atoms with E-state index in [4.69, 9.17) is 0 Å². The van der Waals surface area contributed by atoms with Crippen LogP contribution >= 0.6 is 0 Å². The van der Waals surface area contributed by atoms with Gasteiger partial charge in [-0.05, 0) is 18.1 Å². The summed E-state index contributed by atoms with van der Waals surface area (Å²) < 4.78 is 35.9. The van der Waals surface area contributed by atoms with E-state index >= 15 is 0 Å². The Hall–Kier alpha value is -1.72. The number of hydrogen-bond acceptors (Lipinski definition) is 2. The molecule has 1 aromatic carbocycles. The Morgan fingerprint density at radius 2 is 2.11 bits per heavy atom. The molecule has 1 aliphatic heterocycles. The molecule has 0 saturated carbocycles. The van der Waals surface area contributed by atoms with Gasteiger partial charge in [0, 0.05) is 24.7 Å². The molecule has 0 bridgehead atoms. The van der Waals surface area contributed by atoms with Crippen LogP contribution in [0, 0.1) is 0 Å². The molecule has 1 heterocycles. The molecule has 6 heteroatoms. The highest BCUT2D eigenvalue weighted by Gasteiger charge is 2.31. The van der Waals surface area contributed by atoms with Gasteiger partial charge in [-0.2, -0.15) is 13.2 Å². The molecule has 3 nitrogen and oxygen atoms in total. The van der Waals surface area contributed by atoms with Crippen molar-refractivity contribution in [2.75, 3.05) is 18.4 Å². The number of para-hydroxylation sites is 1. The first-order valence-corrected chi connectivity index (χ1v) is 6.12. The van der Waals surface area contributed by atoms with E-state index in [1.807, 2.05) is 24.3 Å². The second-order valence-electron chi connectivity index (χ2n) is 4.60. The van der Waals surface area contributed by atoms with Gasteiger partial charge in [-0.1, -0.05) is 18.2 Å². The van der Waals surface area contributed by atoms with Gasteiger partial charge in [-0.25, -0.2) is 0 Å². The molecule has 19 heavy (non-hydrogen) atoms. The van der Waals surface area contributed by atoms with Crippen LogP contribution in [0.4, 0.5) is 18.9 Å². The lowest BCUT2D eigenvalue weighted by molar-refractivity contribution is -0.153. The number of halogens is 3. The van der Waals surface area contributed by atoms with Crippen molar-refractivity contribution in [2.24, 2.45) is 0 Å². The third kappa shape index (κ3) is 3.87. The molecule has 2 rings (SSSR count). The lowest BCUT2D eigenvalue weighted by atomic mass is 9.98. The minimum absolute atomic E-state index is 0.238. The Labute approximate surface area is 109 Å². The summed E-state index contributed by atoms with van der Waals surface area (Å²) in [5.74, 6) is -0.728. The Morgan fingerprint density at radius 1 is 1.37 bits per heavy atom. The number of anilines is 1. The van der Waals surface area contributed by atoms with E-state index in [2.05, 4.69) is 10.6 Å². The maximum atomic E-state index is 12.0. The van der Waals surface area contributed by atoms with Gasteiger partial charge in [0.15, 0.2) is 0 Å². The van der Waals surface area contributed by atoms with Crippen molar-refractivity contribution in [3.63, 3.8) is 0 Å². The zero-order valence-electron chi connectivity index (χ0n) is 10.3. The molecule has 1 atom stereocenters. The highest BCUT2D eigenvalue weighted by atomic mass is 19.4. The third-order valence-electron chi connectivity index (χ3n) is 3.12. The van der Waals surface area contributed by atoms with Gasteiger partial charge in [-0.3, -0.25) is 4.79 Å². The molecular weight excluding hydrogens is 257 g/mol. The summed E-state index contributed by atoms with van der Waals surface area (Å²) in [6.45, 7) is 1.02. The van der Waals surface area contributed by atoms with Gasteiger partial charge in [0.25, 0.3) is 0 Å². The van der Waals surface area contributed by atoms with Crippen molar-refractivity contribution in [2.45, 2.75) is 24.9 Å². The molecule has 0 saturated heterocycles. The van der Waals surface area contributed by atoms with Crippen LogP contribution in [-0.2, 0) is 4.79 Å². The lowest BCUT2D eigenvalue weighted by Gasteiger charge is -2.11. The zero-order valence-corrected chi connectivity index (χ0v) is 10.3. The number of amides is 1. The predicted molar refractivity (Wildman–Crippen MR) is 66.0 cm³/mol. The molecule has 0 radical (unpaired) electrons. The van der Waals surface area contributed by atoms with E-state index in [0.29, 0.717) is 6.42 Å². The number of fused-ring (bicyclic) bond motifs is 1. The van der Waals surface area contributed by atoms with Gasteiger partial charge in [0.1, 0.15) is 6.42 Å². The SMILES string of the molecule is O=C(CC(F)(F)F)NCCC1CNc2ccccc21. The molecule has 104 valence electrons. The lowest BCUT2D eigenvalue weighted by Crippen LogP contribution is -2.30. The first-order valence-electron chi connectivity index (χ1n) is 6.12. The van der Waals surface area contributed by atoms with Gasteiger partial charge >= 0.3 is 6.18 Å². The molecule has 1 aromatic rings. The zero-order chi connectivity index (χ0) is 13.9. The molecule has 1 amide bonds. The van der Waals surface area contributed by atoms with Gasteiger partial charge in [0.05, 0.1) is 0 Å². The highest BCUT2D eigenvalue weighted by Crippen LogP contribution is 2.32. The van der Waals surface area contributed by atoms with Crippen LogP contribution in [0.1, 0.15) is 24.3 Å². The van der Waals surface area contributed by atoms with E-state index in [0.717, 1.165) is 17.8 Å². The average molecular weight is 272 g/mol. The second-order valence-corrected chi connectivity index (χ2v) is 4.60. The maximum absolute atomic E-state index is 12.0. The van der Waals surface area contributed by atoms with Crippen molar-refractivity contribution in [1.82, 2.24) is 5.32 Å². The summed E-state index contributed by atoms with van der Waals surface area (Å²) in [6, 6.07) is 7.83. The van der Waals surface area contributed by atoms with Crippen LogP contribution in [0.3, 0.4) is 0 Å². The predicted octanol–water partition coefficient (Wildman–Crippen LogP) is 2.65. The summed E-state index contributed by atoms with van der Waals surface area (Å²) in [4.78, 5) is 11.0. The van der Waals surface area contributed by atoms with E-state index < -0.39 is 18.5 Å². The molecule has 1 unspecified atom stereocenters. The number of hydrogen-bond donors (Lipinski definition) is 2. The molecule has 2 N–H and O–H groups in total. The van der Waals surface area contributed by atoms with Crippen LogP contribution in [0.2, 0.25) is 0 Å². The van der Waals surface area contributed by atoms with Gasteiger partial charge in [0.2, 0.25) is 5.91 Å². The van der Waals surface area contributed by atoms with Crippen molar-refractivity contribution in [3.05, 3.63) is 29.8 Å². The number of rotatable bonds is 4. The van der Waals surface area contributed by atoms with E-state index in [9.17, 15) is 18.0 Å². The fraction of sp³-hybridized carbons (Fsp3) is 0.462. The Morgan fingerprint density at radius 3 is 2.84 bits per heavy atom. The Kier molecular flexibility index (Phi) is 3.97. The van der Waals surface area contributed by atoms with Crippen LogP contribution in [-0.4, -0.2) is 25.2 Å². The number of benzene rings is 1. The van der Waals surface area contributed by atoms with Crippen molar-refractivity contribution in [3.8, 4) is 0 Å². The second kappa shape index (κ2) is 5.50. The van der Waals surface area contributed by atoms with Crippen LogP contribution in [0.25, 0.3) is 0 Å². The van der Waals surface area contributed by atoms with Crippen LogP contribution in [0.5, 0.6) is 0 Å². The number of nitrogens with one attached hydrogen (secondary N) is 2. The fourth-order valence-electron chi connectivity index (χ4n) is 2.25. The number of alkyl halides is 3. The number of carbonyl (C=O) groups is 1. The van der Waals surface area contributed by atoms with Crippen molar-refractivity contribution >= 4 is 11.6 Å². The van der Waals surface area contributed by atoms with Crippen molar-refractivity contribution in [1.29, 1.82) is 0 Å². The topological polar surface area (TPSA) is 41.1 Å². The molecule has 0 spiro atoms. The van der Waals surface area contributed by atoms with E-state index in [1.54, 1.807) is 0 Å². The third-order valence-corrected chi connectivity index (χ3v) is 3.12. The minimum Gasteiger partial charge on any atom is -0.384 e. The smallest absolute Gasteiger partial charge is 0.384 e. The quantitative estimate of drug-likeness (QED) is 0.884. The number of carbonyl (C=O) groups excluding carboxylic acids is 1. The van der Waals surface area contributed by atoms with Crippen molar-refractivity contribution < 1.29 is 18.0 Å². The summed E-state index contributed by atoms with van der Waals surface area (Å²) in [6.07, 6.45) is -5.22. The normalized spacial score (nSPS) is 17.7. The van der Waals surface area contributed by atoms with E-state index in [1.165, 1.54) is 0 Å². The summed E-state index contributed by atoms with van der Waals surface area (Å²) in [7, 11) is 0. The average Bonchev–Trinajstić information content (AvgIpc) is 2.70.